The van der Waals surface area contributed by atoms with Gasteiger partial charge in [-0.05, 0) is 52.1 Å². The quantitative estimate of drug-likeness (QED) is 0.165. The summed E-state index contributed by atoms with van der Waals surface area (Å²) < 4.78 is 16.8. The molecule has 2 bridgehead atoms. The van der Waals surface area contributed by atoms with Crippen molar-refractivity contribution in [2.24, 2.45) is 14.1 Å². The summed E-state index contributed by atoms with van der Waals surface area (Å²) in [6.07, 6.45) is 4.07. The molecule has 0 spiro atoms. The van der Waals surface area contributed by atoms with Crippen LogP contribution in [0.4, 0.5) is 10.7 Å². The number of anilines is 1. The maximum Gasteiger partial charge on any atom is 0.407 e. The summed E-state index contributed by atoms with van der Waals surface area (Å²) in [4.78, 5) is 34.4. The molecule has 3 aromatic heterocycles. The zero-order valence-electron chi connectivity index (χ0n) is 27.8. The SMILES string of the molecule is Cn1nc2ccc(-c3cn(COCC[Si](C)(C)C)c4nc(N5C6CCC5[C@H](NC(=O)OC(C)(C)C)C6)n(C)c(=O)c34)c(Cl)c2c1Cl. The number of nitrogens with zero attached hydrogens (tertiary/aromatic N) is 6. The summed E-state index contributed by atoms with van der Waals surface area (Å²) in [5.74, 6) is 0.573. The van der Waals surface area contributed by atoms with Gasteiger partial charge in [0.1, 0.15) is 17.5 Å². The zero-order valence-corrected chi connectivity index (χ0v) is 30.3. The van der Waals surface area contributed by atoms with E-state index in [-0.39, 0.29) is 30.4 Å². The summed E-state index contributed by atoms with van der Waals surface area (Å²) >= 11 is 13.6. The minimum atomic E-state index is -1.30. The highest BCUT2D eigenvalue weighted by molar-refractivity contribution is 6.76. The Labute approximate surface area is 279 Å². The average Bonchev–Trinajstić information content (AvgIpc) is 3.68. The van der Waals surface area contributed by atoms with Gasteiger partial charge >= 0.3 is 6.09 Å². The number of hydrogen-bond acceptors (Lipinski definition) is 7. The Morgan fingerprint density at radius 2 is 1.85 bits per heavy atom. The Hall–Kier alpha value is -3.06. The molecule has 1 amide bonds. The lowest BCUT2D eigenvalue weighted by Gasteiger charge is -2.28. The first-order valence-electron chi connectivity index (χ1n) is 15.8. The third-order valence-corrected chi connectivity index (χ3v) is 11.5. The molecule has 14 heteroatoms. The highest BCUT2D eigenvalue weighted by atomic mass is 35.5. The third kappa shape index (κ3) is 6.04. The summed E-state index contributed by atoms with van der Waals surface area (Å²) in [5.41, 5.74) is 1.75. The van der Waals surface area contributed by atoms with Crippen LogP contribution in [0.1, 0.15) is 40.0 Å². The first kappa shape index (κ1) is 32.9. The molecule has 4 aromatic rings. The number of halogens is 2. The van der Waals surface area contributed by atoms with E-state index < -0.39 is 19.8 Å². The molecule has 248 valence electrons. The molecule has 6 rings (SSSR count). The van der Waals surface area contributed by atoms with Gasteiger partial charge in [-0.2, -0.15) is 10.1 Å². The lowest BCUT2D eigenvalue weighted by Crippen LogP contribution is -2.46. The second-order valence-electron chi connectivity index (χ2n) is 14.8. The molecule has 1 aromatic carbocycles. The van der Waals surface area contributed by atoms with Gasteiger partial charge in [0.05, 0.1) is 33.4 Å². The van der Waals surface area contributed by atoms with Gasteiger partial charge in [-0.25, -0.2) is 4.79 Å². The molecule has 2 fully saturated rings. The number of alkyl carbamates (subject to hydrolysis) is 1. The predicted molar refractivity (Wildman–Crippen MR) is 186 cm³/mol. The van der Waals surface area contributed by atoms with Crippen molar-refractivity contribution < 1.29 is 14.3 Å². The normalized spacial score (nSPS) is 20.0. The number of hydrogen-bond donors (Lipinski definition) is 1. The van der Waals surface area contributed by atoms with Gasteiger partial charge in [-0.3, -0.25) is 14.0 Å². The second-order valence-corrected chi connectivity index (χ2v) is 21.1. The van der Waals surface area contributed by atoms with Gasteiger partial charge in [0.25, 0.3) is 5.56 Å². The minimum Gasteiger partial charge on any atom is -0.444 e. The summed E-state index contributed by atoms with van der Waals surface area (Å²) in [7, 11) is 2.22. The Bertz CT molecular complexity index is 1890. The second kappa shape index (κ2) is 11.9. The van der Waals surface area contributed by atoms with Crippen molar-refractivity contribution in [1.29, 1.82) is 0 Å². The van der Waals surface area contributed by atoms with Gasteiger partial charge < -0.3 is 24.3 Å². The molecular weight excluding hydrogens is 645 g/mol. The number of fused-ring (bicyclic) bond motifs is 4. The minimum absolute atomic E-state index is 0.00600. The Morgan fingerprint density at radius 1 is 1.11 bits per heavy atom. The Morgan fingerprint density at radius 3 is 2.54 bits per heavy atom. The Balaban J connectivity index is 1.43. The molecule has 11 nitrogen and oxygen atoms in total. The molecule has 5 heterocycles. The standard InChI is InChI=1S/C32H43Cl2N7O4Si/c1-32(2,3)45-31(43)35-22-15-18-9-12-23(22)41(18)30-36-28-24(29(42)38(30)4)20(16-40(28)17-44-13-14-46(6,7)8)19-10-11-21-25(26(19)33)27(34)39(5)37-21/h10-11,16,18,22-23H,9,12-15,17H2,1-8H3,(H,35,43)/t18?,22-,23?/m1/s1. The summed E-state index contributed by atoms with van der Waals surface area (Å²) in [5, 5.41) is 9.47. The van der Waals surface area contributed by atoms with Crippen LogP contribution in [-0.4, -0.2) is 68.4 Å². The van der Waals surface area contributed by atoms with Crippen LogP contribution >= 0.6 is 23.2 Å². The van der Waals surface area contributed by atoms with Crippen molar-refractivity contribution in [3.05, 3.63) is 38.9 Å². The predicted octanol–water partition coefficient (Wildman–Crippen LogP) is 6.54. The number of aryl methyl sites for hydroxylation is 1. The van der Waals surface area contributed by atoms with Crippen molar-refractivity contribution in [3.8, 4) is 11.1 Å². The van der Waals surface area contributed by atoms with Crippen molar-refractivity contribution in [1.82, 2.24) is 29.2 Å². The van der Waals surface area contributed by atoms with E-state index >= 15 is 0 Å². The van der Waals surface area contributed by atoms with Gasteiger partial charge in [0.2, 0.25) is 5.95 Å². The van der Waals surface area contributed by atoms with E-state index in [0.717, 1.165) is 25.3 Å². The molecule has 46 heavy (non-hydrogen) atoms. The van der Waals surface area contributed by atoms with Gasteiger partial charge in [-0.1, -0.05) is 48.9 Å². The van der Waals surface area contributed by atoms with Crippen LogP contribution in [0.2, 0.25) is 35.9 Å². The van der Waals surface area contributed by atoms with E-state index in [4.69, 9.17) is 37.7 Å². The molecule has 2 saturated heterocycles. The van der Waals surface area contributed by atoms with E-state index in [9.17, 15) is 9.59 Å². The van der Waals surface area contributed by atoms with Crippen LogP contribution in [0.5, 0.6) is 0 Å². The number of nitrogens with one attached hydrogen (secondary N) is 1. The first-order chi connectivity index (χ1) is 21.5. The zero-order chi connectivity index (χ0) is 33.3. The van der Waals surface area contributed by atoms with E-state index in [0.29, 0.717) is 55.8 Å². The molecule has 0 aliphatic carbocycles. The first-order valence-corrected chi connectivity index (χ1v) is 20.3. The van der Waals surface area contributed by atoms with Crippen LogP contribution in [0.25, 0.3) is 33.1 Å². The van der Waals surface area contributed by atoms with Crippen LogP contribution in [0.15, 0.2) is 23.1 Å². The van der Waals surface area contributed by atoms with Gasteiger partial charge in [0.15, 0.2) is 5.65 Å². The van der Waals surface area contributed by atoms with Crippen LogP contribution in [0.3, 0.4) is 0 Å². The summed E-state index contributed by atoms with van der Waals surface area (Å²) in [6, 6.07) is 4.78. The van der Waals surface area contributed by atoms with Crippen LogP contribution in [-0.2, 0) is 30.3 Å². The summed E-state index contributed by atoms with van der Waals surface area (Å²) in [6.45, 7) is 13.4. The average molecular weight is 689 g/mol. The maximum atomic E-state index is 14.3. The number of aromatic nitrogens is 5. The molecule has 3 atom stereocenters. The maximum absolute atomic E-state index is 14.3. The highest BCUT2D eigenvalue weighted by Crippen LogP contribution is 2.43. The fourth-order valence-corrected chi connectivity index (χ4v) is 8.10. The van der Waals surface area contributed by atoms with Crippen molar-refractivity contribution >= 4 is 65.3 Å². The van der Waals surface area contributed by atoms with Gasteiger partial charge in [-0.15, -0.1) is 0 Å². The van der Waals surface area contributed by atoms with Crippen molar-refractivity contribution in [2.75, 3.05) is 11.5 Å². The van der Waals surface area contributed by atoms with Gasteiger partial charge in [0, 0.05) is 52.1 Å². The van der Waals surface area contributed by atoms with E-state index in [1.165, 1.54) is 0 Å². The molecule has 0 saturated carbocycles. The lowest BCUT2D eigenvalue weighted by atomic mass is 9.96. The van der Waals surface area contributed by atoms with E-state index in [1.54, 1.807) is 23.3 Å². The fraction of sp³-hybridized carbons (Fsp3) is 0.562. The Kier molecular flexibility index (Phi) is 8.48. The molecule has 2 aliphatic rings. The lowest BCUT2D eigenvalue weighted by molar-refractivity contribution is 0.0497. The van der Waals surface area contributed by atoms with Crippen LogP contribution in [0, 0.1) is 0 Å². The smallest absolute Gasteiger partial charge is 0.407 e. The molecular formula is C32H43Cl2N7O4Si. The fourth-order valence-electron chi connectivity index (χ4n) is 6.71. The number of benzene rings is 1. The molecule has 1 N–H and O–H groups in total. The number of carbonyl (C=O) groups is 1. The molecule has 2 aliphatic heterocycles. The van der Waals surface area contributed by atoms with Crippen molar-refractivity contribution in [3.63, 3.8) is 0 Å². The molecule has 2 unspecified atom stereocenters. The van der Waals surface area contributed by atoms with E-state index in [1.807, 2.05) is 43.7 Å². The van der Waals surface area contributed by atoms with Crippen LogP contribution < -0.4 is 15.8 Å². The number of ether oxygens (including phenoxy) is 2. The largest absolute Gasteiger partial charge is 0.444 e. The van der Waals surface area contributed by atoms with Crippen molar-refractivity contribution in [2.45, 2.75) is 96.2 Å². The number of rotatable bonds is 8. The third-order valence-electron chi connectivity index (χ3n) is 8.93. The number of amides is 1. The topological polar surface area (TPSA) is 108 Å². The number of carbonyl (C=O) groups excluding carboxylic acids is 1. The molecule has 0 radical (unpaired) electrons. The highest BCUT2D eigenvalue weighted by Gasteiger charge is 2.49. The van der Waals surface area contributed by atoms with E-state index in [2.05, 4.69) is 35.0 Å². The monoisotopic (exact) mass is 687 g/mol.